The molecule has 1 aromatic heterocycles. The molecule has 1 aromatic carbocycles. The molecule has 2 amide bonds. The van der Waals surface area contributed by atoms with E-state index in [1.54, 1.807) is 13.8 Å². The molecule has 29 heavy (non-hydrogen) atoms. The monoisotopic (exact) mass is 409 g/mol. The van der Waals surface area contributed by atoms with Gasteiger partial charge in [-0.15, -0.1) is 0 Å². The number of amides is 2. The molecule has 2 aromatic rings. The molecular formula is C19H18F3N3O4. The summed E-state index contributed by atoms with van der Waals surface area (Å²) in [6.07, 6.45) is 1.12. The van der Waals surface area contributed by atoms with Crippen LogP contribution in [0.25, 0.3) is 0 Å². The number of hydrogen-bond acceptors (Lipinski definition) is 4. The Bertz CT molecular complexity index is 1040. The maximum absolute atomic E-state index is 13.7. The van der Waals surface area contributed by atoms with Crippen LogP contribution in [0.1, 0.15) is 40.3 Å². The number of hydrogen-bond donors (Lipinski definition) is 2. The first kappa shape index (κ1) is 20.4. The Kier molecular flexibility index (Phi) is 5.36. The van der Waals surface area contributed by atoms with Crippen LogP contribution in [0.3, 0.4) is 0 Å². The van der Waals surface area contributed by atoms with Crippen LogP contribution in [-0.4, -0.2) is 39.0 Å². The zero-order valence-corrected chi connectivity index (χ0v) is 15.6. The molecule has 7 nitrogen and oxygen atoms in total. The lowest BCUT2D eigenvalue weighted by Gasteiger charge is -2.33. The van der Waals surface area contributed by atoms with Crippen LogP contribution in [0, 0.1) is 17.5 Å². The van der Waals surface area contributed by atoms with Gasteiger partial charge in [0.2, 0.25) is 5.43 Å². The SMILES string of the molecule is CC(C)N1CCn2cc(C(=O)NCc3c(F)cc(F)cc3F)c(=O)c(O)c2C1=O. The Labute approximate surface area is 163 Å². The number of aromatic hydroxyl groups is 1. The van der Waals surface area contributed by atoms with Gasteiger partial charge in [0, 0.05) is 49.6 Å². The number of fused-ring (bicyclic) bond motifs is 1. The number of rotatable bonds is 4. The molecule has 0 spiro atoms. The van der Waals surface area contributed by atoms with Crippen molar-refractivity contribution >= 4 is 11.8 Å². The van der Waals surface area contributed by atoms with Crippen LogP contribution in [0.2, 0.25) is 0 Å². The highest BCUT2D eigenvalue weighted by atomic mass is 19.1. The van der Waals surface area contributed by atoms with Gasteiger partial charge in [0.25, 0.3) is 11.8 Å². The summed E-state index contributed by atoms with van der Waals surface area (Å²) < 4.78 is 41.7. The molecular weight excluding hydrogens is 391 g/mol. The van der Waals surface area contributed by atoms with Crippen molar-refractivity contribution in [1.29, 1.82) is 0 Å². The smallest absolute Gasteiger partial charge is 0.274 e. The molecule has 0 atom stereocenters. The summed E-state index contributed by atoms with van der Waals surface area (Å²) >= 11 is 0. The summed E-state index contributed by atoms with van der Waals surface area (Å²) in [5.74, 6) is -5.88. The fourth-order valence-electron chi connectivity index (χ4n) is 3.16. The third kappa shape index (κ3) is 3.69. The van der Waals surface area contributed by atoms with Gasteiger partial charge in [0.1, 0.15) is 23.0 Å². The van der Waals surface area contributed by atoms with Crippen molar-refractivity contribution in [2.24, 2.45) is 0 Å². The van der Waals surface area contributed by atoms with Crippen molar-refractivity contribution in [3.63, 3.8) is 0 Å². The van der Waals surface area contributed by atoms with Gasteiger partial charge in [-0.25, -0.2) is 13.2 Å². The molecule has 0 aliphatic carbocycles. The van der Waals surface area contributed by atoms with Gasteiger partial charge in [-0.3, -0.25) is 14.4 Å². The molecule has 2 N–H and O–H groups in total. The van der Waals surface area contributed by atoms with Crippen molar-refractivity contribution in [2.75, 3.05) is 6.54 Å². The van der Waals surface area contributed by atoms with Crippen LogP contribution in [0.4, 0.5) is 13.2 Å². The number of carbonyl (C=O) groups is 2. The normalized spacial score (nSPS) is 13.6. The maximum atomic E-state index is 13.7. The molecule has 10 heteroatoms. The van der Waals surface area contributed by atoms with E-state index in [-0.39, 0.29) is 18.3 Å². The summed E-state index contributed by atoms with van der Waals surface area (Å²) in [5.41, 5.74) is -2.36. The van der Waals surface area contributed by atoms with Crippen LogP contribution in [-0.2, 0) is 13.1 Å². The van der Waals surface area contributed by atoms with Crippen LogP contribution < -0.4 is 10.7 Å². The molecule has 154 valence electrons. The van der Waals surface area contributed by atoms with Gasteiger partial charge in [-0.1, -0.05) is 0 Å². The average Bonchev–Trinajstić information content (AvgIpc) is 2.63. The van der Waals surface area contributed by atoms with Gasteiger partial charge in [-0.05, 0) is 13.8 Å². The lowest BCUT2D eigenvalue weighted by atomic mass is 10.1. The van der Waals surface area contributed by atoms with Gasteiger partial charge in [0.05, 0.1) is 0 Å². The number of aromatic nitrogens is 1. The Morgan fingerprint density at radius 3 is 2.38 bits per heavy atom. The standard InChI is InChI=1S/C19H18F3N3O4/c1-9(2)25-4-3-24-8-12(16(26)17(27)15(24)19(25)29)18(28)23-7-11-13(21)5-10(20)6-14(11)22/h5-6,8-9,27H,3-4,7H2,1-2H3,(H,23,28). The van der Waals surface area contributed by atoms with Crippen molar-refractivity contribution in [2.45, 2.75) is 33.0 Å². The molecule has 0 unspecified atom stereocenters. The fourth-order valence-corrected chi connectivity index (χ4v) is 3.16. The molecule has 0 fully saturated rings. The molecule has 1 aliphatic heterocycles. The summed E-state index contributed by atoms with van der Waals surface area (Å²) in [6.45, 7) is 3.50. The van der Waals surface area contributed by atoms with Gasteiger partial charge in [0.15, 0.2) is 11.4 Å². The largest absolute Gasteiger partial charge is 0.503 e. The summed E-state index contributed by atoms with van der Waals surface area (Å²) in [4.78, 5) is 38.8. The lowest BCUT2D eigenvalue weighted by molar-refractivity contribution is 0.0640. The molecule has 0 saturated carbocycles. The van der Waals surface area contributed by atoms with E-state index in [0.717, 1.165) is 6.20 Å². The van der Waals surface area contributed by atoms with E-state index < -0.39 is 58.1 Å². The molecule has 0 bridgehead atoms. The minimum atomic E-state index is -1.19. The Hall–Kier alpha value is -3.30. The van der Waals surface area contributed by atoms with E-state index in [4.69, 9.17) is 0 Å². The second-order valence-electron chi connectivity index (χ2n) is 6.89. The highest BCUT2D eigenvalue weighted by Crippen LogP contribution is 2.22. The first-order chi connectivity index (χ1) is 13.6. The topological polar surface area (TPSA) is 91.6 Å². The highest BCUT2D eigenvalue weighted by molar-refractivity contribution is 5.99. The zero-order chi connectivity index (χ0) is 21.5. The maximum Gasteiger partial charge on any atom is 0.274 e. The van der Waals surface area contributed by atoms with E-state index in [1.807, 2.05) is 0 Å². The van der Waals surface area contributed by atoms with E-state index in [1.165, 1.54) is 9.47 Å². The van der Waals surface area contributed by atoms with Gasteiger partial charge in [-0.2, -0.15) is 0 Å². The predicted octanol–water partition coefficient (Wildman–Crippen LogP) is 1.77. The van der Waals surface area contributed by atoms with Crippen molar-refractivity contribution in [3.05, 3.63) is 62.8 Å². The predicted molar refractivity (Wildman–Crippen MR) is 96.0 cm³/mol. The number of benzene rings is 1. The summed E-state index contributed by atoms with van der Waals surface area (Å²) in [5, 5.41) is 12.4. The second kappa shape index (κ2) is 7.61. The minimum Gasteiger partial charge on any atom is -0.503 e. The lowest BCUT2D eigenvalue weighted by Crippen LogP contribution is -2.45. The molecule has 0 saturated heterocycles. The Morgan fingerprint density at radius 2 is 1.79 bits per heavy atom. The highest BCUT2D eigenvalue weighted by Gasteiger charge is 2.31. The quantitative estimate of drug-likeness (QED) is 0.805. The van der Waals surface area contributed by atoms with Gasteiger partial charge < -0.3 is 19.9 Å². The van der Waals surface area contributed by atoms with Crippen LogP contribution in [0.15, 0.2) is 23.1 Å². The van der Waals surface area contributed by atoms with E-state index in [2.05, 4.69) is 5.32 Å². The van der Waals surface area contributed by atoms with E-state index in [0.29, 0.717) is 18.7 Å². The third-order valence-corrected chi connectivity index (χ3v) is 4.70. The Balaban J connectivity index is 1.89. The summed E-state index contributed by atoms with van der Waals surface area (Å²) in [7, 11) is 0. The second-order valence-corrected chi connectivity index (χ2v) is 6.89. The molecule has 2 heterocycles. The van der Waals surface area contributed by atoms with Crippen LogP contribution in [0.5, 0.6) is 5.75 Å². The van der Waals surface area contributed by atoms with E-state index in [9.17, 15) is 32.7 Å². The molecule has 1 aliphatic rings. The zero-order valence-electron chi connectivity index (χ0n) is 15.6. The van der Waals surface area contributed by atoms with Crippen LogP contribution >= 0.6 is 0 Å². The van der Waals surface area contributed by atoms with Crippen molar-refractivity contribution in [3.8, 4) is 5.75 Å². The minimum absolute atomic E-state index is 0.144. The molecule has 0 radical (unpaired) electrons. The Morgan fingerprint density at radius 1 is 1.17 bits per heavy atom. The fraction of sp³-hybridized carbons (Fsp3) is 0.316. The number of nitrogens with zero attached hydrogens (tertiary/aromatic N) is 2. The van der Waals surface area contributed by atoms with Crippen molar-refractivity contribution in [1.82, 2.24) is 14.8 Å². The van der Waals surface area contributed by atoms with Crippen molar-refractivity contribution < 1.29 is 27.9 Å². The van der Waals surface area contributed by atoms with Gasteiger partial charge >= 0.3 is 0 Å². The first-order valence-corrected chi connectivity index (χ1v) is 8.80. The average molecular weight is 409 g/mol. The number of carbonyl (C=O) groups excluding carboxylic acids is 2. The number of halogens is 3. The third-order valence-electron chi connectivity index (χ3n) is 4.70. The number of pyridine rings is 1. The summed E-state index contributed by atoms with van der Waals surface area (Å²) in [6, 6.07) is 0.793. The van der Waals surface area contributed by atoms with E-state index >= 15 is 0 Å². The number of nitrogens with one attached hydrogen (secondary N) is 1. The molecule has 3 rings (SSSR count). The first-order valence-electron chi connectivity index (χ1n) is 8.80.